The van der Waals surface area contributed by atoms with Crippen molar-refractivity contribution in [3.05, 3.63) is 76.0 Å². The van der Waals surface area contributed by atoms with E-state index in [0.717, 1.165) is 12.1 Å². The van der Waals surface area contributed by atoms with Crippen LogP contribution in [0.1, 0.15) is 11.3 Å². The van der Waals surface area contributed by atoms with Gasteiger partial charge in [-0.3, -0.25) is 4.72 Å². The number of nitrogens with zero attached hydrogens (tertiary/aromatic N) is 3. The van der Waals surface area contributed by atoms with Crippen LogP contribution < -0.4 is 21.1 Å². The summed E-state index contributed by atoms with van der Waals surface area (Å²) in [7, 11) is -4.17. The van der Waals surface area contributed by atoms with E-state index in [1.165, 1.54) is 6.07 Å². The number of hydrazone groups is 1. The standard InChI is InChI=1S/C20H20F3N7O4S/c21-20(22,23)14-5-8-16(9-6-14)35(33,34)29-17-3-1-2-13-4-7-15(27-18(13)17)12-25-10-11-26-19(24)28-30(31)32/h1-9,25,29H,10-12H2,(H3,24,26,28). The lowest BCUT2D eigenvalue weighted by atomic mass is 10.2. The summed E-state index contributed by atoms with van der Waals surface area (Å²) in [5, 5.41) is 18.5. The predicted octanol–water partition coefficient (Wildman–Crippen LogP) is 2.24. The Balaban J connectivity index is 1.71. The largest absolute Gasteiger partial charge is 0.416 e. The number of nitrogens with one attached hydrogen (secondary N) is 3. The summed E-state index contributed by atoms with van der Waals surface area (Å²) in [6, 6.07) is 11.5. The Kier molecular flexibility index (Phi) is 7.71. The van der Waals surface area contributed by atoms with Crippen molar-refractivity contribution in [2.45, 2.75) is 17.6 Å². The van der Waals surface area contributed by atoms with Crippen LogP contribution in [0, 0.1) is 10.1 Å². The minimum absolute atomic E-state index is 0.162. The first-order valence-electron chi connectivity index (χ1n) is 9.97. The molecular weight excluding hydrogens is 491 g/mol. The number of anilines is 1. The molecule has 0 atom stereocenters. The molecule has 35 heavy (non-hydrogen) atoms. The third-order valence-electron chi connectivity index (χ3n) is 4.62. The van der Waals surface area contributed by atoms with Gasteiger partial charge in [0.05, 0.1) is 27.4 Å². The quantitative estimate of drug-likeness (QED) is 0.112. The van der Waals surface area contributed by atoms with Gasteiger partial charge in [0.15, 0.2) is 5.03 Å². The first-order valence-corrected chi connectivity index (χ1v) is 11.5. The zero-order chi connectivity index (χ0) is 25.6. The van der Waals surface area contributed by atoms with E-state index < -0.39 is 26.8 Å². The highest BCUT2D eigenvalue weighted by Gasteiger charge is 2.30. The topological polar surface area (TPSA) is 165 Å². The number of alkyl halides is 3. The highest BCUT2D eigenvalue weighted by atomic mass is 32.2. The van der Waals surface area contributed by atoms with E-state index in [4.69, 9.17) is 5.73 Å². The molecule has 0 spiro atoms. The van der Waals surface area contributed by atoms with Gasteiger partial charge in [-0.2, -0.15) is 13.2 Å². The summed E-state index contributed by atoms with van der Waals surface area (Å²) < 4.78 is 66.2. The lowest BCUT2D eigenvalue weighted by molar-refractivity contribution is -0.485. The Morgan fingerprint density at radius 2 is 1.80 bits per heavy atom. The number of fused-ring (bicyclic) bond motifs is 1. The van der Waals surface area contributed by atoms with Gasteiger partial charge in [-0.25, -0.2) is 23.5 Å². The molecule has 0 aliphatic carbocycles. The third kappa shape index (κ3) is 7.00. The van der Waals surface area contributed by atoms with Crippen LogP contribution in [0.5, 0.6) is 0 Å². The van der Waals surface area contributed by atoms with E-state index in [9.17, 15) is 31.7 Å². The first kappa shape index (κ1) is 25.6. The molecule has 0 aliphatic heterocycles. The fourth-order valence-corrected chi connectivity index (χ4v) is 4.08. The molecule has 3 aromatic rings. The molecule has 186 valence electrons. The maximum Gasteiger partial charge on any atom is 0.416 e. The van der Waals surface area contributed by atoms with Crippen LogP contribution in [-0.4, -0.2) is 37.5 Å². The van der Waals surface area contributed by atoms with Gasteiger partial charge in [-0.05, 0) is 36.4 Å². The zero-order valence-electron chi connectivity index (χ0n) is 17.9. The summed E-state index contributed by atoms with van der Waals surface area (Å²) in [5.41, 5.74) is 5.45. The number of rotatable bonds is 9. The minimum Gasteiger partial charge on any atom is -0.365 e. The summed E-state index contributed by atoms with van der Waals surface area (Å²) in [4.78, 5) is 14.4. The molecule has 15 heteroatoms. The Bertz CT molecular complexity index is 1350. The molecule has 2 aromatic carbocycles. The van der Waals surface area contributed by atoms with E-state index in [1.54, 1.807) is 24.3 Å². The van der Waals surface area contributed by atoms with Gasteiger partial charge in [0.25, 0.3) is 16.0 Å². The van der Waals surface area contributed by atoms with Crippen LogP contribution in [-0.2, 0) is 22.7 Å². The van der Waals surface area contributed by atoms with Gasteiger partial charge >= 0.3 is 6.18 Å². The number of nitrogens with two attached hydrogens (primary N) is 1. The average Bonchev–Trinajstić information content (AvgIpc) is 2.78. The molecule has 11 nitrogen and oxygen atoms in total. The van der Waals surface area contributed by atoms with Crippen molar-refractivity contribution in [1.82, 2.24) is 15.6 Å². The van der Waals surface area contributed by atoms with Crippen molar-refractivity contribution in [2.75, 3.05) is 17.8 Å². The Hall–Kier alpha value is -3.98. The van der Waals surface area contributed by atoms with Crippen LogP contribution in [0.3, 0.4) is 0 Å². The van der Waals surface area contributed by atoms with E-state index in [0.29, 0.717) is 41.8 Å². The second-order valence-corrected chi connectivity index (χ2v) is 8.82. The van der Waals surface area contributed by atoms with Gasteiger partial charge in [0.1, 0.15) is 5.10 Å². The molecule has 0 aliphatic rings. The zero-order valence-corrected chi connectivity index (χ0v) is 18.7. The number of guanidine groups is 1. The molecule has 1 heterocycles. The highest BCUT2D eigenvalue weighted by Crippen LogP contribution is 2.30. The monoisotopic (exact) mass is 511 g/mol. The number of sulfonamides is 1. The van der Waals surface area contributed by atoms with Gasteiger partial charge in [-0.1, -0.05) is 18.2 Å². The maximum absolute atomic E-state index is 12.8. The molecule has 0 bridgehead atoms. The summed E-state index contributed by atoms with van der Waals surface area (Å²) in [5.74, 6) is -0.328. The van der Waals surface area contributed by atoms with Crippen molar-refractivity contribution < 1.29 is 26.6 Å². The van der Waals surface area contributed by atoms with Crippen molar-refractivity contribution in [3.8, 4) is 0 Å². The number of benzene rings is 2. The van der Waals surface area contributed by atoms with Crippen LogP contribution >= 0.6 is 0 Å². The van der Waals surface area contributed by atoms with Crippen molar-refractivity contribution in [1.29, 1.82) is 0 Å². The second-order valence-electron chi connectivity index (χ2n) is 7.13. The lowest BCUT2D eigenvalue weighted by Gasteiger charge is -2.12. The number of pyridine rings is 1. The number of nitro groups is 1. The molecule has 0 saturated heterocycles. The first-order chi connectivity index (χ1) is 16.5. The number of halogens is 3. The van der Waals surface area contributed by atoms with Crippen molar-refractivity contribution >= 4 is 32.6 Å². The number of hydrogen-bond donors (Lipinski definition) is 4. The molecule has 1 aromatic heterocycles. The molecule has 3 rings (SSSR count). The molecule has 0 fully saturated rings. The normalized spacial score (nSPS) is 12.5. The van der Waals surface area contributed by atoms with E-state index in [1.807, 2.05) is 0 Å². The van der Waals surface area contributed by atoms with E-state index in [2.05, 4.69) is 25.4 Å². The lowest BCUT2D eigenvalue weighted by Crippen LogP contribution is -2.37. The van der Waals surface area contributed by atoms with Gasteiger partial charge in [0.2, 0.25) is 0 Å². The fraction of sp³-hybridized carbons (Fsp3) is 0.200. The molecule has 0 unspecified atom stereocenters. The molecule has 5 N–H and O–H groups in total. The van der Waals surface area contributed by atoms with Crippen molar-refractivity contribution in [3.63, 3.8) is 0 Å². The Morgan fingerprint density at radius 3 is 2.46 bits per heavy atom. The highest BCUT2D eigenvalue weighted by molar-refractivity contribution is 7.92. The molecule has 0 amide bonds. The maximum atomic E-state index is 12.8. The number of hydrogen-bond acceptors (Lipinski definition) is 6. The van der Waals surface area contributed by atoms with E-state index >= 15 is 0 Å². The van der Waals surface area contributed by atoms with Crippen LogP contribution in [0.25, 0.3) is 10.9 Å². The second kappa shape index (κ2) is 10.5. The fourth-order valence-electron chi connectivity index (χ4n) is 3.01. The average molecular weight is 511 g/mol. The predicted molar refractivity (Wildman–Crippen MR) is 122 cm³/mol. The third-order valence-corrected chi connectivity index (χ3v) is 6.00. The number of aromatic nitrogens is 1. The minimum atomic E-state index is -4.58. The number of para-hydroxylation sites is 1. The Labute approximate surface area is 197 Å². The summed E-state index contributed by atoms with van der Waals surface area (Å²) in [6.07, 6.45) is -4.58. The van der Waals surface area contributed by atoms with Gasteiger partial charge < -0.3 is 16.4 Å². The van der Waals surface area contributed by atoms with Crippen LogP contribution in [0.2, 0.25) is 0 Å². The van der Waals surface area contributed by atoms with Gasteiger partial charge in [-0.15, -0.1) is 0 Å². The molecular formula is C20H20F3N7O4S. The van der Waals surface area contributed by atoms with E-state index in [-0.39, 0.29) is 23.1 Å². The molecule has 0 radical (unpaired) electrons. The van der Waals surface area contributed by atoms with Crippen molar-refractivity contribution in [2.24, 2.45) is 10.8 Å². The smallest absolute Gasteiger partial charge is 0.365 e. The summed E-state index contributed by atoms with van der Waals surface area (Å²) >= 11 is 0. The Morgan fingerprint density at radius 1 is 1.09 bits per heavy atom. The van der Waals surface area contributed by atoms with Gasteiger partial charge in [0, 0.05) is 25.0 Å². The molecule has 0 saturated carbocycles. The SMILES string of the molecule is N/C(=N\[N+](=O)[O-])NCCNCc1ccc2cccc(NS(=O)(=O)c3ccc(C(F)(F)F)cc3)c2n1. The van der Waals surface area contributed by atoms with Crippen LogP contribution in [0.15, 0.2) is 64.6 Å². The van der Waals surface area contributed by atoms with Crippen LogP contribution in [0.4, 0.5) is 18.9 Å². The summed E-state index contributed by atoms with van der Waals surface area (Å²) in [6.45, 7) is 0.925.